The first-order valence-electron chi connectivity index (χ1n) is 7.66. The first-order valence-corrected chi connectivity index (χ1v) is 7.66. The highest BCUT2D eigenvalue weighted by Gasteiger charge is 2.41. The van der Waals surface area contributed by atoms with Gasteiger partial charge in [-0.2, -0.15) is 26.3 Å². The SMILES string of the molecule is CC1Oc2c(ccc3[nH]c(=O)cc(C(F)(F)F)c23)N(CC(F)(F)F)C1C. The van der Waals surface area contributed by atoms with Crippen LogP contribution in [0.25, 0.3) is 10.9 Å². The second kappa shape index (κ2) is 5.82. The molecule has 142 valence electrons. The maximum Gasteiger partial charge on any atom is 0.417 e. The van der Waals surface area contributed by atoms with Gasteiger partial charge in [-0.25, -0.2) is 0 Å². The Hall–Kier alpha value is -2.39. The fourth-order valence-electron chi connectivity index (χ4n) is 3.06. The number of benzene rings is 1. The maximum atomic E-state index is 13.4. The van der Waals surface area contributed by atoms with E-state index in [1.807, 2.05) is 0 Å². The number of alkyl halides is 6. The van der Waals surface area contributed by atoms with Crippen LogP contribution in [-0.2, 0) is 6.18 Å². The Labute approximate surface area is 143 Å². The predicted molar refractivity (Wildman–Crippen MR) is 82.5 cm³/mol. The van der Waals surface area contributed by atoms with E-state index in [1.54, 1.807) is 0 Å². The third kappa shape index (κ3) is 3.19. The molecule has 26 heavy (non-hydrogen) atoms. The number of rotatable bonds is 1. The van der Waals surface area contributed by atoms with E-state index in [0.717, 1.165) is 11.0 Å². The number of ether oxygens (including phenoxy) is 1. The largest absolute Gasteiger partial charge is 0.486 e. The highest BCUT2D eigenvalue weighted by atomic mass is 19.4. The summed E-state index contributed by atoms with van der Waals surface area (Å²) in [5.74, 6) is -0.319. The standard InChI is InChI=1S/C16H14F6N2O2/c1-7-8(2)26-14-11(24(7)6-15(17,18)19)4-3-10-13(14)9(16(20,21)22)5-12(25)23-10/h3-5,7-8H,6H2,1-2H3,(H,23,25). The van der Waals surface area contributed by atoms with Gasteiger partial charge in [0.05, 0.1) is 28.2 Å². The zero-order valence-corrected chi connectivity index (χ0v) is 13.6. The lowest BCUT2D eigenvalue weighted by molar-refractivity contribution is -0.136. The number of halogens is 6. The van der Waals surface area contributed by atoms with Gasteiger partial charge in [0.2, 0.25) is 5.56 Å². The minimum Gasteiger partial charge on any atom is -0.486 e. The second-order valence-electron chi connectivity index (χ2n) is 6.19. The number of fused-ring (bicyclic) bond motifs is 3. The number of pyridine rings is 1. The molecule has 1 aromatic heterocycles. The van der Waals surface area contributed by atoms with Crippen LogP contribution in [0.1, 0.15) is 19.4 Å². The minimum atomic E-state index is -4.87. The number of H-pyrrole nitrogens is 1. The number of hydrogen-bond acceptors (Lipinski definition) is 3. The van der Waals surface area contributed by atoms with E-state index < -0.39 is 47.6 Å². The molecular formula is C16H14F6N2O2. The molecule has 1 aromatic carbocycles. The number of aromatic amines is 1. The average Bonchev–Trinajstić information content (AvgIpc) is 2.48. The molecule has 0 amide bonds. The summed E-state index contributed by atoms with van der Waals surface area (Å²) in [5, 5.41) is -0.458. The van der Waals surface area contributed by atoms with Crippen molar-refractivity contribution in [3.63, 3.8) is 0 Å². The van der Waals surface area contributed by atoms with Crippen molar-refractivity contribution in [3.8, 4) is 5.75 Å². The molecule has 0 saturated heterocycles. The lowest BCUT2D eigenvalue weighted by atomic mass is 10.0. The van der Waals surface area contributed by atoms with Gasteiger partial charge in [-0.05, 0) is 26.0 Å². The molecule has 2 atom stereocenters. The monoisotopic (exact) mass is 380 g/mol. The fraction of sp³-hybridized carbons (Fsp3) is 0.438. The van der Waals surface area contributed by atoms with Crippen molar-refractivity contribution in [2.45, 2.75) is 38.3 Å². The second-order valence-corrected chi connectivity index (χ2v) is 6.19. The molecule has 2 aromatic rings. The van der Waals surface area contributed by atoms with Crippen molar-refractivity contribution in [2.75, 3.05) is 11.4 Å². The first kappa shape index (κ1) is 18.4. The molecule has 2 unspecified atom stereocenters. The van der Waals surface area contributed by atoms with Crippen LogP contribution < -0.4 is 15.2 Å². The van der Waals surface area contributed by atoms with E-state index in [-0.39, 0.29) is 17.0 Å². The van der Waals surface area contributed by atoms with Gasteiger partial charge in [0, 0.05) is 6.07 Å². The van der Waals surface area contributed by atoms with Crippen LogP contribution in [-0.4, -0.2) is 29.9 Å². The summed E-state index contributed by atoms with van der Waals surface area (Å²) in [4.78, 5) is 14.8. The third-order valence-corrected chi connectivity index (χ3v) is 4.38. The Bertz CT molecular complexity index is 902. The van der Waals surface area contributed by atoms with E-state index in [9.17, 15) is 31.1 Å². The number of aromatic nitrogens is 1. The van der Waals surface area contributed by atoms with Gasteiger partial charge < -0.3 is 14.6 Å². The molecule has 0 fully saturated rings. The summed E-state index contributed by atoms with van der Waals surface area (Å²) in [6, 6.07) is 2.05. The molecule has 4 nitrogen and oxygen atoms in total. The van der Waals surface area contributed by atoms with E-state index in [1.165, 1.54) is 19.9 Å². The van der Waals surface area contributed by atoms with Crippen molar-refractivity contribution in [3.05, 3.63) is 34.1 Å². The van der Waals surface area contributed by atoms with Crippen LogP contribution >= 0.6 is 0 Å². The molecule has 0 bridgehead atoms. The van der Waals surface area contributed by atoms with E-state index in [4.69, 9.17) is 4.74 Å². The van der Waals surface area contributed by atoms with Crippen molar-refractivity contribution in [1.29, 1.82) is 0 Å². The molecule has 0 radical (unpaired) electrons. The van der Waals surface area contributed by atoms with Crippen LogP contribution in [0.15, 0.2) is 23.0 Å². The molecule has 2 heterocycles. The molecule has 3 rings (SSSR count). The van der Waals surface area contributed by atoms with Crippen LogP contribution in [0.3, 0.4) is 0 Å². The van der Waals surface area contributed by atoms with Crippen molar-refractivity contribution in [1.82, 2.24) is 4.98 Å². The molecule has 0 aliphatic carbocycles. The molecule has 1 aliphatic heterocycles. The fourth-order valence-corrected chi connectivity index (χ4v) is 3.06. The Balaban J connectivity index is 2.32. The Morgan fingerprint density at radius 3 is 2.38 bits per heavy atom. The van der Waals surface area contributed by atoms with Crippen molar-refractivity contribution in [2.24, 2.45) is 0 Å². The van der Waals surface area contributed by atoms with Gasteiger partial charge in [-0.15, -0.1) is 0 Å². The van der Waals surface area contributed by atoms with Gasteiger partial charge in [0.15, 0.2) is 5.75 Å². The van der Waals surface area contributed by atoms with E-state index in [2.05, 4.69) is 4.98 Å². The van der Waals surface area contributed by atoms with Crippen LogP contribution in [0.4, 0.5) is 32.0 Å². The lowest BCUT2D eigenvalue weighted by Gasteiger charge is -2.41. The van der Waals surface area contributed by atoms with Crippen molar-refractivity contribution < 1.29 is 31.1 Å². The smallest absolute Gasteiger partial charge is 0.417 e. The highest BCUT2D eigenvalue weighted by molar-refractivity contribution is 5.94. The Kier molecular flexibility index (Phi) is 4.12. The van der Waals surface area contributed by atoms with Crippen molar-refractivity contribution >= 4 is 16.6 Å². The summed E-state index contributed by atoms with van der Waals surface area (Å²) < 4.78 is 84.7. The number of nitrogens with zero attached hydrogens (tertiary/aromatic N) is 1. The first-order chi connectivity index (χ1) is 11.9. The Morgan fingerprint density at radius 1 is 1.15 bits per heavy atom. The summed E-state index contributed by atoms with van der Waals surface area (Å²) in [5.41, 5.74) is -2.47. The topological polar surface area (TPSA) is 45.3 Å². The quantitative estimate of drug-likeness (QED) is 0.759. The Morgan fingerprint density at radius 2 is 1.81 bits per heavy atom. The molecule has 0 saturated carbocycles. The zero-order valence-electron chi connectivity index (χ0n) is 13.6. The lowest BCUT2D eigenvalue weighted by Crippen LogP contribution is -2.50. The molecule has 10 heteroatoms. The highest BCUT2D eigenvalue weighted by Crippen LogP contribution is 2.46. The normalized spacial score (nSPS) is 20.8. The summed E-state index contributed by atoms with van der Waals surface area (Å²) in [6.07, 6.45) is -10.2. The summed E-state index contributed by atoms with van der Waals surface area (Å²) in [7, 11) is 0. The van der Waals surface area contributed by atoms with Crippen LogP contribution in [0.2, 0.25) is 0 Å². The van der Waals surface area contributed by atoms with Crippen LogP contribution in [0.5, 0.6) is 5.75 Å². The van der Waals surface area contributed by atoms with E-state index in [0.29, 0.717) is 6.07 Å². The van der Waals surface area contributed by atoms with Gasteiger partial charge >= 0.3 is 12.4 Å². The van der Waals surface area contributed by atoms with Gasteiger partial charge in [0.25, 0.3) is 0 Å². The van der Waals surface area contributed by atoms with Crippen LogP contribution in [0, 0.1) is 0 Å². The molecule has 1 N–H and O–H groups in total. The summed E-state index contributed by atoms with van der Waals surface area (Å²) >= 11 is 0. The average molecular weight is 380 g/mol. The molecule has 0 spiro atoms. The van der Waals surface area contributed by atoms with Gasteiger partial charge in [-0.3, -0.25) is 4.79 Å². The summed E-state index contributed by atoms with van der Waals surface area (Å²) in [6.45, 7) is 1.65. The third-order valence-electron chi connectivity index (χ3n) is 4.38. The number of nitrogens with one attached hydrogen (secondary N) is 1. The minimum absolute atomic E-state index is 0.0991. The molecule has 1 aliphatic rings. The maximum absolute atomic E-state index is 13.4. The number of hydrogen-bond donors (Lipinski definition) is 1. The van der Waals surface area contributed by atoms with Gasteiger partial charge in [0.1, 0.15) is 12.6 Å². The van der Waals surface area contributed by atoms with E-state index >= 15 is 0 Å². The molecular weight excluding hydrogens is 366 g/mol. The zero-order chi connectivity index (χ0) is 19.4. The van der Waals surface area contributed by atoms with Gasteiger partial charge in [-0.1, -0.05) is 0 Å². The number of anilines is 1. The predicted octanol–water partition coefficient (Wildman–Crippen LogP) is 4.09.